The molecule has 162 valence electrons. The summed E-state index contributed by atoms with van der Waals surface area (Å²) < 4.78 is 10.7. The lowest BCUT2D eigenvalue weighted by Gasteiger charge is -2.57. The number of rotatable bonds is 4. The van der Waals surface area contributed by atoms with Crippen LogP contribution in [0.4, 0.5) is 0 Å². The van der Waals surface area contributed by atoms with Gasteiger partial charge in [0.1, 0.15) is 17.3 Å². The number of Topliss-reactive ketones (excluding diaryl/α,β-unsaturated/α-hetero) is 2. The lowest BCUT2D eigenvalue weighted by Crippen LogP contribution is -2.56. The van der Waals surface area contributed by atoms with Crippen molar-refractivity contribution in [1.29, 1.82) is 0 Å². The molecule has 4 atom stereocenters. The van der Waals surface area contributed by atoms with E-state index in [1.165, 1.54) is 0 Å². The molecule has 0 aliphatic heterocycles. The van der Waals surface area contributed by atoms with Crippen LogP contribution < -0.4 is 9.47 Å². The molecule has 3 rings (SSSR count). The van der Waals surface area contributed by atoms with Crippen molar-refractivity contribution in [3.8, 4) is 11.5 Å². The Morgan fingerprint density at radius 1 is 1.00 bits per heavy atom. The Morgan fingerprint density at radius 2 is 1.55 bits per heavy atom. The zero-order valence-corrected chi connectivity index (χ0v) is 19.4. The predicted molar refractivity (Wildman–Crippen MR) is 117 cm³/mol. The zero-order chi connectivity index (χ0) is 22.0. The van der Waals surface area contributed by atoms with Crippen LogP contribution in [0.3, 0.4) is 0 Å². The van der Waals surface area contributed by atoms with Crippen LogP contribution in [0.5, 0.6) is 11.5 Å². The number of carbonyl (C=O) groups is 2. The number of ether oxygens (including phenoxy) is 2. The van der Waals surface area contributed by atoms with Gasteiger partial charge >= 0.3 is 0 Å². The van der Waals surface area contributed by atoms with Gasteiger partial charge in [0.2, 0.25) is 0 Å². The summed E-state index contributed by atoms with van der Waals surface area (Å²) in [6, 6.07) is 5.30. The van der Waals surface area contributed by atoms with Gasteiger partial charge in [0.05, 0.1) is 14.2 Å². The van der Waals surface area contributed by atoms with Crippen LogP contribution in [0.25, 0.3) is 0 Å². The maximum Gasteiger partial charge on any atom is 0.167 e. The molecule has 2 aliphatic rings. The Bertz CT molecular complexity index is 729. The van der Waals surface area contributed by atoms with Crippen molar-refractivity contribution < 1.29 is 19.1 Å². The van der Waals surface area contributed by atoms with E-state index in [2.05, 4.69) is 20.8 Å². The van der Waals surface area contributed by atoms with E-state index >= 15 is 0 Å². The standard InChI is InChI=1S/C23H32O4.C2H6/c1-14-18(24)13-19-22(2,3)8-7-9-23(19,4)20(14)21(25)15-10-16(26-5)12-17(11-15)27-6;1-2/h10-12,14,19-20H,7-9,13H2,1-6H3;1-2H3. The Hall–Kier alpha value is -1.84. The lowest BCUT2D eigenvalue weighted by atomic mass is 9.45. The van der Waals surface area contributed by atoms with E-state index in [9.17, 15) is 9.59 Å². The van der Waals surface area contributed by atoms with Gasteiger partial charge in [0.15, 0.2) is 5.78 Å². The Balaban J connectivity index is 0.00000145. The van der Waals surface area contributed by atoms with Crippen molar-refractivity contribution in [2.24, 2.45) is 28.6 Å². The molecule has 0 amide bonds. The number of ketones is 2. The molecule has 0 heterocycles. The third-order valence-corrected chi connectivity index (χ3v) is 7.32. The molecule has 0 saturated heterocycles. The van der Waals surface area contributed by atoms with Crippen LogP contribution in [-0.2, 0) is 4.79 Å². The molecule has 4 heteroatoms. The Labute approximate surface area is 176 Å². The molecule has 0 spiro atoms. The van der Waals surface area contributed by atoms with Crippen LogP contribution in [0.15, 0.2) is 18.2 Å². The molecule has 0 N–H and O–H groups in total. The summed E-state index contributed by atoms with van der Waals surface area (Å²) in [6.07, 6.45) is 3.81. The molecule has 4 unspecified atom stereocenters. The first-order chi connectivity index (χ1) is 13.6. The Kier molecular flexibility index (Phi) is 7.19. The van der Waals surface area contributed by atoms with Gasteiger partial charge in [0.25, 0.3) is 0 Å². The summed E-state index contributed by atoms with van der Waals surface area (Å²) in [5, 5.41) is 0. The van der Waals surface area contributed by atoms with Crippen molar-refractivity contribution in [2.45, 2.75) is 67.2 Å². The number of hydrogen-bond acceptors (Lipinski definition) is 4. The van der Waals surface area contributed by atoms with E-state index in [4.69, 9.17) is 9.47 Å². The minimum atomic E-state index is -0.305. The van der Waals surface area contributed by atoms with E-state index in [1.807, 2.05) is 20.8 Å². The zero-order valence-electron chi connectivity index (χ0n) is 19.4. The molecular formula is C25H38O4. The highest BCUT2D eigenvalue weighted by molar-refractivity contribution is 6.02. The van der Waals surface area contributed by atoms with Crippen molar-refractivity contribution in [1.82, 2.24) is 0 Å². The number of hydrogen-bond donors (Lipinski definition) is 0. The van der Waals surface area contributed by atoms with Gasteiger partial charge in [-0.25, -0.2) is 0 Å². The average Bonchev–Trinajstić information content (AvgIpc) is 2.70. The monoisotopic (exact) mass is 402 g/mol. The summed E-state index contributed by atoms with van der Waals surface area (Å²) >= 11 is 0. The van der Waals surface area contributed by atoms with Crippen LogP contribution >= 0.6 is 0 Å². The van der Waals surface area contributed by atoms with Crippen LogP contribution in [0.1, 0.15) is 77.6 Å². The van der Waals surface area contributed by atoms with E-state index in [0.717, 1.165) is 19.3 Å². The fourth-order valence-electron chi connectivity index (χ4n) is 5.85. The van der Waals surface area contributed by atoms with Crippen molar-refractivity contribution >= 4 is 11.6 Å². The molecular weight excluding hydrogens is 364 g/mol. The van der Waals surface area contributed by atoms with Crippen molar-refractivity contribution in [3.63, 3.8) is 0 Å². The minimum Gasteiger partial charge on any atom is -0.497 e. The Morgan fingerprint density at radius 3 is 2.07 bits per heavy atom. The second-order valence-electron chi connectivity index (χ2n) is 9.30. The van der Waals surface area contributed by atoms with Gasteiger partial charge in [-0.3, -0.25) is 9.59 Å². The summed E-state index contributed by atoms with van der Waals surface area (Å²) in [7, 11) is 3.16. The van der Waals surface area contributed by atoms with E-state index in [1.54, 1.807) is 32.4 Å². The van der Waals surface area contributed by atoms with Crippen molar-refractivity contribution in [2.75, 3.05) is 14.2 Å². The van der Waals surface area contributed by atoms with Gasteiger partial charge in [0, 0.05) is 29.9 Å². The highest BCUT2D eigenvalue weighted by Crippen LogP contribution is 2.60. The van der Waals surface area contributed by atoms with Crippen LogP contribution in [0.2, 0.25) is 0 Å². The molecule has 1 aromatic rings. The SMILES string of the molecule is CC.COc1cc(OC)cc(C(=O)C2C(C)C(=O)CC3C(C)(C)CCCC23C)c1. The normalized spacial score (nSPS) is 30.5. The summed E-state index contributed by atoms with van der Waals surface area (Å²) in [4.78, 5) is 26.6. The first-order valence-corrected chi connectivity index (χ1v) is 10.9. The first-order valence-electron chi connectivity index (χ1n) is 10.9. The number of fused-ring (bicyclic) bond motifs is 1. The van der Waals surface area contributed by atoms with Crippen LogP contribution in [-0.4, -0.2) is 25.8 Å². The maximum absolute atomic E-state index is 13.7. The molecule has 4 nitrogen and oxygen atoms in total. The van der Waals surface area contributed by atoms with Gasteiger partial charge < -0.3 is 9.47 Å². The lowest BCUT2D eigenvalue weighted by molar-refractivity contribution is -0.143. The molecule has 0 aromatic heterocycles. The quantitative estimate of drug-likeness (QED) is 0.582. The fraction of sp³-hybridized carbons (Fsp3) is 0.680. The third kappa shape index (κ3) is 4.22. The number of benzene rings is 1. The van der Waals surface area contributed by atoms with Gasteiger partial charge in [-0.05, 0) is 41.7 Å². The van der Waals surface area contributed by atoms with Gasteiger partial charge in [-0.1, -0.05) is 48.0 Å². The molecule has 2 aliphatic carbocycles. The summed E-state index contributed by atoms with van der Waals surface area (Å²) in [5.41, 5.74) is 0.483. The first kappa shape index (κ1) is 23.4. The largest absolute Gasteiger partial charge is 0.497 e. The molecule has 2 saturated carbocycles. The highest BCUT2D eigenvalue weighted by Gasteiger charge is 2.58. The molecule has 1 aromatic carbocycles. The molecule has 0 bridgehead atoms. The minimum absolute atomic E-state index is 0.0398. The molecule has 2 fully saturated rings. The second-order valence-corrected chi connectivity index (χ2v) is 9.30. The fourth-order valence-corrected chi connectivity index (χ4v) is 5.85. The van der Waals surface area contributed by atoms with Crippen LogP contribution in [0, 0.1) is 28.6 Å². The van der Waals surface area contributed by atoms with Gasteiger partial charge in [-0.2, -0.15) is 0 Å². The summed E-state index contributed by atoms with van der Waals surface area (Å²) in [5.74, 6) is 1.13. The smallest absolute Gasteiger partial charge is 0.167 e. The van der Waals surface area contributed by atoms with Gasteiger partial charge in [-0.15, -0.1) is 0 Å². The average molecular weight is 403 g/mol. The van der Waals surface area contributed by atoms with E-state index in [0.29, 0.717) is 23.5 Å². The third-order valence-electron chi connectivity index (χ3n) is 7.32. The molecule has 0 radical (unpaired) electrons. The predicted octanol–water partition coefficient (Wildman–Crippen LogP) is 5.97. The second kappa shape index (κ2) is 8.89. The van der Waals surface area contributed by atoms with E-state index < -0.39 is 0 Å². The highest BCUT2D eigenvalue weighted by atomic mass is 16.5. The van der Waals surface area contributed by atoms with E-state index in [-0.39, 0.29) is 40.2 Å². The maximum atomic E-state index is 13.7. The van der Waals surface area contributed by atoms with Crippen molar-refractivity contribution in [3.05, 3.63) is 23.8 Å². The number of carbonyl (C=O) groups excluding carboxylic acids is 2. The topological polar surface area (TPSA) is 52.6 Å². The molecule has 29 heavy (non-hydrogen) atoms. The number of methoxy groups -OCH3 is 2. The summed E-state index contributed by atoms with van der Waals surface area (Å²) in [6.45, 7) is 12.7.